The molecule has 0 spiro atoms. The number of allylic oxidation sites excluding steroid dienone is 4. The van der Waals surface area contributed by atoms with E-state index in [-0.39, 0.29) is 16.9 Å². The third-order valence-corrected chi connectivity index (χ3v) is 2.84. The lowest BCUT2D eigenvalue weighted by Gasteiger charge is -2.06. The second-order valence-corrected chi connectivity index (χ2v) is 4.07. The van der Waals surface area contributed by atoms with Crippen molar-refractivity contribution in [2.75, 3.05) is 0 Å². The van der Waals surface area contributed by atoms with E-state index in [1.165, 1.54) is 6.07 Å². The van der Waals surface area contributed by atoms with Gasteiger partial charge in [0.25, 0.3) is 0 Å². The van der Waals surface area contributed by atoms with Crippen molar-refractivity contribution >= 4 is 11.0 Å². The van der Waals surface area contributed by atoms with E-state index in [2.05, 4.69) is 0 Å². The van der Waals surface area contributed by atoms with E-state index in [1.54, 1.807) is 0 Å². The van der Waals surface area contributed by atoms with Crippen LogP contribution in [0.15, 0.2) is 51.7 Å². The summed E-state index contributed by atoms with van der Waals surface area (Å²) >= 11 is 0. The van der Waals surface area contributed by atoms with Gasteiger partial charge in [-0.3, -0.25) is 4.79 Å². The lowest BCUT2D eigenvalue weighted by atomic mass is 10.1. The molecule has 1 heterocycles. The summed E-state index contributed by atoms with van der Waals surface area (Å²) in [5, 5.41) is -0.0813. The average Bonchev–Trinajstić information content (AvgIpc) is 2.83. The molecule has 1 aliphatic rings. The fraction of sp³-hybridized carbons (Fsp3) is 0.0714. The minimum Gasteiger partial charge on any atom is -0.457 e. The zero-order valence-corrected chi connectivity index (χ0v) is 9.19. The maximum Gasteiger partial charge on any atom is 0.193 e. The summed E-state index contributed by atoms with van der Waals surface area (Å²) in [5.74, 6) is -1.48. The minimum absolute atomic E-state index is 0.0813. The first-order chi connectivity index (χ1) is 8.65. The Morgan fingerprint density at radius 3 is 2.50 bits per heavy atom. The summed E-state index contributed by atoms with van der Waals surface area (Å²) in [6, 6.07) is 2.95. The van der Waals surface area contributed by atoms with E-state index < -0.39 is 17.1 Å². The third kappa shape index (κ3) is 1.66. The summed E-state index contributed by atoms with van der Waals surface area (Å²) in [6.45, 7) is 0. The van der Waals surface area contributed by atoms with E-state index in [0.717, 1.165) is 6.07 Å². The molecular formula is C14H8F2O2. The second-order valence-electron chi connectivity index (χ2n) is 4.07. The van der Waals surface area contributed by atoms with Crippen molar-refractivity contribution in [3.63, 3.8) is 0 Å². The monoisotopic (exact) mass is 246 g/mol. The molecule has 0 radical (unpaired) electrons. The van der Waals surface area contributed by atoms with Gasteiger partial charge >= 0.3 is 0 Å². The number of benzene rings is 1. The zero-order chi connectivity index (χ0) is 12.7. The van der Waals surface area contributed by atoms with Gasteiger partial charge in [-0.2, -0.15) is 0 Å². The molecule has 0 unspecified atom stereocenters. The molecule has 1 aliphatic carbocycles. The molecule has 0 saturated carbocycles. The number of hydrogen-bond acceptors (Lipinski definition) is 2. The first kappa shape index (κ1) is 10.9. The van der Waals surface area contributed by atoms with Crippen LogP contribution in [0.3, 0.4) is 0 Å². The van der Waals surface area contributed by atoms with Crippen molar-refractivity contribution < 1.29 is 13.2 Å². The minimum atomic E-state index is -0.866. The van der Waals surface area contributed by atoms with Crippen LogP contribution in [0.5, 0.6) is 0 Å². The molecule has 18 heavy (non-hydrogen) atoms. The van der Waals surface area contributed by atoms with Crippen LogP contribution < -0.4 is 5.43 Å². The molecule has 0 bridgehead atoms. The standard InChI is InChI=1S/C14H8F2O2/c15-9-5-10-12(17)7-13(8-3-1-2-4-8)18-14(10)11(16)6-9/h1-8H. The van der Waals surface area contributed by atoms with Crippen LogP contribution in [0.25, 0.3) is 11.0 Å². The molecule has 4 heteroatoms. The van der Waals surface area contributed by atoms with E-state index >= 15 is 0 Å². The average molecular weight is 246 g/mol. The van der Waals surface area contributed by atoms with Crippen LogP contribution in [0.1, 0.15) is 11.7 Å². The molecule has 0 atom stereocenters. The Balaban J connectivity index is 2.30. The predicted molar refractivity (Wildman–Crippen MR) is 63.4 cm³/mol. The zero-order valence-electron chi connectivity index (χ0n) is 9.19. The van der Waals surface area contributed by atoms with E-state index in [9.17, 15) is 13.6 Å². The first-order valence-corrected chi connectivity index (χ1v) is 5.43. The van der Waals surface area contributed by atoms with Crippen LogP contribution in [0.4, 0.5) is 8.78 Å². The Hall–Kier alpha value is -2.23. The molecule has 1 aromatic heterocycles. The molecule has 2 nitrogen and oxygen atoms in total. The highest BCUT2D eigenvalue weighted by molar-refractivity contribution is 5.77. The molecule has 2 aromatic rings. The molecule has 3 rings (SSSR count). The predicted octanol–water partition coefficient (Wildman–Crippen LogP) is 3.28. The molecule has 0 aliphatic heterocycles. The molecule has 0 saturated heterocycles. The second kappa shape index (κ2) is 3.91. The van der Waals surface area contributed by atoms with Crippen LogP contribution in [0.2, 0.25) is 0 Å². The quantitative estimate of drug-likeness (QED) is 0.772. The SMILES string of the molecule is O=c1cc(C2C=CC=C2)oc2c(F)cc(F)cc12. The van der Waals surface area contributed by atoms with Gasteiger partial charge < -0.3 is 4.42 Å². The van der Waals surface area contributed by atoms with Crippen LogP contribution in [-0.4, -0.2) is 0 Å². The lowest BCUT2D eigenvalue weighted by Crippen LogP contribution is -2.05. The van der Waals surface area contributed by atoms with Gasteiger partial charge in [-0.1, -0.05) is 24.3 Å². The summed E-state index contributed by atoms with van der Waals surface area (Å²) in [7, 11) is 0. The summed E-state index contributed by atoms with van der Waals surface area (Å²) < 4.78 is 32.0. The summed E-state index contributed by atoms with van der Waals surface area (Å²) in [4.78, 5) is 11.8. The van der Waals surface area contributed by atoms with E-state index in [1.807, 2.05) is 24.3 Å². The Bertz CT molecular complexity index is 729. The van der Waals surface area contributed by atoms with Crippen molar-refractivity contribution in [3.8, 4) is 0 Å². The van der Waals surface area contributed by atoms with Crippen LogP contribution in [-0.2, 0) is 0 Å². The Morgan fingerprint density at radius 1 is 1.06 bits per heavy atom. The normalized spacial score (nSPS) is 14.8. The van der Waals surface area contributed by atoms with Gasteiger partial charge in [0.1, 0.15) is 11.6 Å². The van der Waals surface area contributed by atoms with Gasteiger partial charge in [0.2, 0.25) is 0 Å². The van der Waals surface area contributed by atoms with Crippen molar-refractivity contribution in [1.82, 2.24) is 0 Å². The smallest absolute Gasteiger partial charge is 0.193 e. The van der Waals surface area contributed by atoms with Gasteiger partial charge in [-0.05, 0) is 6.07 Å². The van der Waals surface area contributed by atoms with Crippen molar-refractivity contribution in [2.45, 2.75) is 5.92 Å². The summed E-state index contributed by atoms with van der Waals surface area (Å²) in [6.07, 6.45) is 7.28. The Kier molecular flexibility index (Phi) is 2.37. The topological polar surface area (TPSA) is 30.2 Å². The molecule has 90 valence electrons. The Morgan fingerprint density at radius 2 is 1.78 bits per heavy atom. The van der Waals surface area contributed by atoms with Crippen molar-refractivity contribution in [1.29, 1.82) is 0 Å². The first-order valence-electron chi connectivity index (χ1n) is 5.43. The highest BCUT2D eigenvalue weighted by atomic mass is 19.1. The van der Waals surface area contributed by atoms with Gasteiger partial charge in [-0.25, -0.2) is 8.78 Å². The molecule has 1 aromatic carbocycles. The lowest BCUT2D eigenvalue weighted by molar-refractivity contribution is 0.502. The van der Waals surface area contributed by atoms with Gasteiger partial charge in [0, 0.05) is 12.1 Å². The highest BCUT2D eigenvalue weighted by Crippen LogP contribution is 2.26. The van der Waals surface area contributed by atoms with Crippen molar-refractivity contribution in [3.05, 3.63) is 70.1 Å². The van der Waals surface area contributed by atoms with Crippen molar-refractivity contribution in [2.24, 2.45) is 0 Å². The molecule has 0 N–H and O–H groups in total. The highest BCUT2D eigenvalue weighted by Gasteiger charge is 2.15. The number of rotatable bonds is 1. The van der Waals surface area contributed by atoms with Gasteiger partial charge in [0.05, 0.1) is 11.3 Å². The fourth-order valence-electron chi connectivity index (χ4n) is 1.99. The van der Waals surface area contributed by atoms with Crippen LogP contribution >= 0.6 is 0 Å². The number of halogens is 2. The third-order valence-electron chi connectivity index (χ3n) is 2.84. The van der Waals surface area contributed by atoms with E-state index in [4.69, 9.17) is 4.42 Å². The fourth-order valence-corrected chi connectivity index (χ4v) is 1.99. The Labute approximate surface area is 101 Å². The van der Waals surface area contributed by atoms with Crippen LogP contribution in [0, 0.1) is 11.6 Å². The molecule has 0 amide bonds. The number of hydrogen-bond donors (Lipinski definition) is 0. The maximum absolute atomic E-state index is 13.6. The maximum atomic E-state index is 13.6. The summed E-state index contributed by atoms with van der Waals surface area (Å²) in [5.41, 5.74) is -0.647. The van der Waals surface area contributed by atoms with Gasteiger partial charge in [-0.15, -0.1) is 0 Å². The largest absolute Gasteiger partial charge is 0.457 e. The molecular weight excluding hydrogens is 238 g/mol. The van der Waals surface area contributed by atoms with Gasteiger partial charge in [0.15, 0.2) is 16.8 Å². The van der Waals surface area contributed by atoms with E-state index in [0.29, 0.717) is 11.8 Å². The number of fused-ring (bicyclic) bond motifs is 1. The molecule has 0 fully saturated rings.